The molecular formula is C15H13ClN2O4. The summed E-state index contributed by atoms with van der Waals surface area (Å²) in [4.78, 5) is 21.7. The summed E-state index contributed by atoms with van der Waals surface area (Å²) in [6.07, 6.45) is 0. The zero-order valence-corrected chi connectivity index (χ0v) is 12.2. The van der Waals surface area contributed by atoms with E-state index in [-0.39, 0.29) is 24.7 Å². The van der Waals surface area contributed by atoms with E-state index in [1.165, 1.54) is 12.1 Å². The number of nitrogens with zero attached hydrogens (tertiary/aromatic N) is 1. The Morgan fingerprint density at radius 3 is 2.59 bits per heavy atom. The summed E-state index contributed by atoms with van der Waals surface area (Å²) in [7, 11) is 0. The maximum Gasteiger partial charge on any atom is 0.269 e. The third-order valence-electron chi connectivity index (χ3n) is 2.80. The van der Waals surface area contributed by atoms with Crippen LogP contribution in [0.4, 0.5) is 5.69 Å². The number of nitrogens with one attached hydrogen (secondary N) is 1. The SMILES string of the molecule is O=C(COc1cccc(Cl)c1)NCc1ccc([N+](=O)[O-])cc1. The van der Waals surface area contributed by atoms with Gasteiger partial charge < -0.3 is 10.1 Å². The van der Waals surface area contributed by atoms with Gasteiger partial charge in [-0.2, -0.15) is 0 Å². The number of nitro groups is 1. The molecule has 0 aromatic heterocycles. The minimum Gasteiger partial charge on any atom is -0.484 e. The lowest BCUT2D eigenvalue weighted by molar-refractivity contribution is -0.384. The molecule has 0 saturated heterocycles. The second-order valence-electron chi connectivity index (χ2n) is 4.45. The summed E-state index contributed by atoms with van der Waals surface area (Å²) in [6, 6.07) is 12.7. The van der Waals surface area contributed by atoms with Crippen LogP contribution in [0.3, 0.4) is 0 Å². The molecule has 0 fully saturated rings. The second kappa shape index (κ2) is 7.42. The van der Waals surface area contributed by atoms with Crippen LogP contribution in [0.2, 0.25) is 5.02 Å². The van der Waals surface area contributed by atoms with Crippen LogP contribution in [0.15, 0.2) is 48.5 Å². The molecule has 1 N–H and O–H groups in total. The van der Waals surface area contributed by atoms with Crippen LogP contribution in [0, 0.1) is 10.1 Å². The number of halogens is 1. The number of carbonyl (C=O) groups is 1. The zero-order chi connectivity index (χ0) is 15.9. The molecule has 0 bridgehead atoms. The van der Waals surface area contributed by atoms with Crippen molar-refractivity contribution in [1.29, 1.82) is 0 Å². The van der Waals surface area contributed by atoms with Crippen molar-refractivity contribution in [2.45, 2.75) is 6.54 Å². The van der Waals surface area contributed by atoms with Crippen LogP contribution >= 0.6 is 11.6 Å². The number of rotatable bonds is 6. The molecule has 0 heterocycles. The summed E-state index contributed by atoms with van der Waals surface area (Å²) < 4.78 is 5.30. The molecule has 0 aliphatic heterocycles. The molecule has 1 amide bonds. The van der Waals surface area contributed by atoms with Gasteiger partial charge in [-0.25, -0.2) is 0 Å². The first kappa shape index (κ1) is 15.8. The van der Waals surface area contributed by atoms with Gasteiger partial charge in [-0.3, -0.25) is 14.9 Å². The van der Waals surface area contributed by atoms with E-state index in [4.69, 9.17) is 16.3 Å². The molecule has 0 atom stereocenters. The lowest BCUT2D eigenvalue weighted by Crippen LogP contribution is -2.28. The van der Waals surface area contributed by atoms with Crippen LogP contribution < -0.4 is 10.1 Å². The first-order valence-corrected chi connectivity index (χ1v) is 6.81. The van der Waals surface area contributed by atoms with Crippen LogP contribution in [-0.2, 0) is 11.3 Å². The molecule has 114 valence electrons. The molecule has 0 aliphatic rings. The van der Waals surface area contributed by atoms with Gasteiger partial charge in [0, 0.05) is 23.7 Å². The largest absolute Gasteiger partial charge is 0.484 e. The average Bonchev–Trinajstić information content (AvgIpc) is 2.51. The van der Waals surface area contributed by atoms with Crippen molar-refractivity contribution >= 4 is 23.2 Å². The Bertz CT molecular complexity index is 673. The zero-order valence-electron chi connectivity index (χ0n) is 11.5. The minimum absolute atomic E-state index is 0.0133. The van der Waals surface area contributed by atoms with E-state index in [2.05, 4.69) is 5.32 Å². The highest BCUT2D eigenvalue weighted by atomic mass is 35.5. The number of ether oxygens (including phenoxy) is 1. The fraction of sp³-hybridized carbons (Fsp3) is 0.133. The Morgan fingerprint density at radius 1 is 1.23 bits per heavy atom. The topological polar surface area (TPSA) is 81.5 Å². The minimum atomic E-state index is -0.471. The number of amides is 1. The maximum atomic E-state index is 11.7. The van der Waals surface area contributed by atoms with Crippen LogP contribution in [-0.4, -0.2) is 17.4 Å². The molecule has 2 aromatic carbocycles. The normalized spacial score (nSPS) is 10.0. The highest BCUT2D eigenvalue weighted by Crippen LogP contribution is 2.16. The van der Waals surface area contributed by atoms with E-state index in [0.717, 1.165) is 5.56 Å². The van der Waals surface area contributed by atoms with E-state index in [9.17, 15) is 14.9 Å². The number of benzene rings is 2. The molecule has 2 aromatic rings. The average molecular weight is 321 g/mol. The van der Waals surface area contributed by atoms with E-state index < -0.39 is 4.92 Å². The van der Waals surface area contributed by atoms with Gasteiger partial charge in [0.2, 0.25) is 0 Å². The van der Waals surface area contributed by atoms with Crippen LogP contribution in [0.5, 0.6) is 5.75 Å². The number of non-ortho nitro benzene ring substituents is 1. The van der Waals surface area contributed by atoms with Gasteiger partial charge in [-0.15, -0.1) is 0 Å². The first-order chi connectivity index (χ1) is 10.5. The van der Waals surface area contributed by atoms with E-state index >= 15 is 0 Å². The lowest BCUT2D eigenvalue weighted by atomic mass is 10.2. The summed E-state index contributed by atoms with van der Waals surface area (Å²) in [5.41, 5.74) is 0.779. The molecule has 6 nitrogen and oxygen atoms in total. The van der Waals surface area contributed by atoms with Crippen molar-refractivity contribution < 1.29 is 14.5 Å². The van der Waals surface area contributed by atoms with Crippen molar-refractivity contribution in [2.75, 3.05) is 6.61 Å². The molecule has 0 radical (unpaired) electrons. The molecule has 0 saturated carbocycles. The third kappa shape index (κ3) is 4.75. The van der Waals surface area contributed by atoms with Crippen molar-refractivity contribution in [3.63, 3.8) is 0 Å². The Morgan fingerprint density at radius 2 is 1.95 bits per heavy atom. The first-order valence-electron chi connectivity index (χ1n) is 6.43. The van der Waals surface area contributed by atoms with Crippen molar-refractivity contribution in [1.82, 2.24) is 5.32 Å². The monoisotopic (exact) mass is 320 g/mol. The summed E-state index contributed by atoms with van der Waals surface area (Å²) in [6.45, 7) is 0.142. The van der Waals surface area contributed by atoms with Crippen LogP contribution in [0.1, 0.15) is 5.56 Å². The van der Waals surface area contributed by atoms with E-state index in [0.29, 0.717) is 10.8 Å². The fourth-order valence-electron chi connectivity index (χ4n) is 1.69. The van der Waals surface area contributed by atoms with Gasteiger partial charge in [-0.1, -0.05) is 29.8 Å². The highest BCUT2D eigenvalue weighted by Gasteiger charge is 2.06. The summed E-state index contributed by atoms with van der Waals surface area (Å²) in [5.74, 6) is 0.219. The quantitative estimate of drug-likeness (QED) is 0.655. The van der Waals surface area contributed by atoms with Gasteiger partial charge in [0.25, 0.3) is 11.6 Å². The number of carbonyl (C=O) groups excluding carboxylic acids is 1. The molecule has 0 unspecified atom stereocenters. The fourth-order valence-corrected chi connectivity index (χ4v) is 1.87. The van der Waals surface area contributed by atoms with Gasteiger partial charge in [0.15, 0.2) is 6.61 Å². The molecule has 7 heteroatoms. The molecule has 22 heavy (non-hydrogen) atoms. The second-order valence-corrected chi connectivity index (χ2v) is 4.88. The van der Waals surface area contributed by atoms with Crippen LogP contribution in [0.25, 0.3) is 0 Å². The summed E-state index contributed by atoms with van der Waals surface area (Å²) >= 11 is 5.81. The molecule has 2 rings (SSSR count). The summed E-state index contributed by atoms with van der Waals surface area (Å²) in [5, 5.41) is 13.7. The smallest absolute Gasteiger partial charge is 0.269 e. The van der Waals surface area contributed by atoms with Gasteiger partial charge in [0.05, 0.1) is 4.92 Å². The number of nitro benzene ring substituents is 1. The maximum absolute atomic E-state index is 11.7. The van der Waals surface area contributed by atoms with Gasteiger partial charge >= 0.3 is 0 Å². The van der Waals surface area contributed by atoms with Gasteiger partial charge in [-0.05, 0) is 23.8 Å². The van der Waals surface area contributed by atoms with E-state index in [1.807, 2.05) is 0 Å². The highest BCUT2D eigenvalue weighted by molar-refractivity contribution is 6.30. The third-order valence-corrected chi connectivity index (χ3v) is 3.04. The Labute approximate surface area is 131 Å². The van der Waals surface area contributed by atoms with Crippen molar-refractivity contribution in [2.24, 2.45) is 0 Å². The molecular weight excluding hydrogens is 308 g/mol. The predicted octanol–water partition coefficient (Wildman–Crippen LogP) is 2.94. The van der Waals surface area contributed by atoms with Crippen molar-refractivity contribution in [3.05, 3.63) is 69.2 Å². The molecule has 0 aliphatic carbocycles. The number of hydrogen-bond acceptors (Lipinski definition) is 4. The Kier molecular flexibility index (Phi) is 5.32. The Hall–Kier alpha value is -2.60. The van der Waals surface area contributed by atoms with E-state index in [1.54, 1.807) is 36.4 Å². The lowest BCUT2D eigenvalue weighted by Gasteiger charge is -2.07. The van der Waals surface area contributed by atoms with Crippen molar-refractivity contribution in [3.8, 4) is 5.75 Å². The Balaban J connectivity index is 1.79. The molecule has 0 spiro atoms. The van der Waals surface area contributed by atoms with Gasteiger partial charge in [0.1, 0.15) is 5.75 Å². The number of hydrogen-bond donors (Lipinski definition) is 1. The predicted molar refractivity (Wildman–Crippen MR) is 81.9 cm³/mol. The standard InChI is InChI=1S/C15H13ClN2O4/c16-12-2-1-3-14(8-12)22-10-15(19)17-9-11-4-6-13(7-5-11)18(20)21/h1-8H,9-10H2,(H,17,19).